The summed E-state index contributed by atoms with van der Waals surface area (Å²) in [5.41, 5.74) is 0.100. The molecule has 19 heavy (non-hydrogen) atoms. The number of guanidine groups is 1. The number of fused-ring (bicyclic) bond motifs is 2. The van der Waals surface area contributed by atoms with Crippen LogP contribution in [0.2, 0.25) is 0 Å². The summed E-state index contributed by atoms with van der Waals surface area (Å²) in [5.74, 6) is 0.885. The summed E-state index contributed by atoms with van der Waals surface area (Å²) >= 11 is 0. The highest BCUT2D eigenvalue weighted by atomic mass is 16.5. The third-order valence-corrected chi connectivity index (χ3v) is 4.55. The Kier molecular flexibility index (Phi) is 4.36. The van der Waals surface area contributed by atoms with Gasteiger partial charge in [-0.2, -0.15) is 0 Å². The molecule has 0 aromatic rings. The second-order valence-corrected chi connectivity index (χ2v) is 6.49. The summed E-state index contributed by atoms with van der Waals surface area (Å²) in [7, 11) is 6.02. The lowest BCUT2D eigenvalue weighted by molar-refractivity contribution is 0.0992. The maximum Gasteiger partial charge on any atom is 0.191 e. The van der Waals surface area contributed by atoms with E-state index < -0.39 is 0 Å². The average Bonchev–Trinajstić information content (AvgIpc) is 2.96. The zero-order valence-corrected chi connectivity index (χ0v) is 12.9. The molecule has 2 fully saturated rings. The van der Waals surface area contributed by atoms with Crippen LogP contribution in [0.4, 0.5) is 0 Å². The van der Waals surface area contributed by atoms with Crippen molar-refractivity contribution in [2.45, 2.75) is 56.9 Å². The van der Waals surface area contributed by atoms with Crippen molar-refractivity contribution in [1.29, 1.82) is 0 Å². The van der Waals surface area contributed by atoms with Crippen molar-refractivity contribution in [3.8, 4) is 0 Å². The van der Waals surface area contributed by atoms with Gasteiger partial charge in [-0.05, 0) is 47.2 Å². The molecule has 2 rings (SSSR count). The highest BCUT2D eigenvalue weighted by molar-refractivity contribution is 5.80. The molecule has 0 spiro atoms. The standard InChI is InChI=1S/C14H28N4O/c1-14(2,18(4)5)9-16-13(15-3)17-11-8-10-6-7-12(11)19-10/h10-12H,6-9H2,1-5H3,(H2,15,16,17). The summed E-state index contributed by atoms with van der Waals surface area (Å²) in [5, 5.41) is 6.92. The minimum absolute atomic E-state index is 0.100. The first-order valence-electron chi connectivity index (χ1n) is 7.22. The van der Waals surface area contributed by atoms with Crippen LogP contribution < -0.4 is 10.6 Å². The van der Waals surface area contributed by atoms with Gasteiger partial charge >= 0.3 is 0 Å². The number of aliphatic imine (C=N–C) groups is 1. The maximum atomic E-state index is 5.86. The highest BCUT2D eigenvalue weighted by Crippen LogP contribution is 2.34. The molecule has 0 aliphatic carbocycles. The number of ether oxygens (including phenoxy) is 1. The molecule has 3 atom stereocenters. The van der Waals surface area contributed by atoms with Crippen molar-refractivity contribution >= 4 is 5.96 Å². The molecule has 2 aliphatic rings. The lowest BCUT2D eigenvalue weighted by atomic mass is 9.96. The van der Waals surface area contributed by atoms with Gasteiger partial charge in [-0.1, -0.05) is 0 Å². The molecule has 3 unspecified atom stereocenters. The Morgan fingerprint density at radius 3 is 2.58 bits per heavy atom. The second-order valence-electron chi connectivity index (χ2n) is 6.49. The van der Waals surface area contributed by atoms with Crippen molar-refractivity contribution in [3.63, 3.8) is 0 Å². The Hall–Kier alpha value is -0.810. The third kappa shape index (κ3) is 3.39. The minimum atomic E-state index is 0.100. The Morgan fingerprint density at radius 1 is 1.37 bits per heavy atom. The lowest BCUT2D eigenvalue weighted by Crippen LogP contribution is -2.53. The predicted octanol–water partition coefficient (Wildman–Crippen LogP) is 0.812. The molecule has 2 heterocycles. The zero-order valence-electron chi connectivity index (χ0n) is 12.9. The Balaban J connectivity index is 1.81. The van der Waals surface area contributed by atoms with E-state index in [0.717, 1.165) is 18.9 Å². The number of nitrogens with zero attached hydrogens (tertiary/aromatic N) is 2. The van der Waals surface area contributed by atoms with Crippen LogP contribution in [0.1, 0.15) is 33.1 Å². The topological polar surface area (TPSA) is 48.9 Å². The molecule has 5 heteroatoms. The van der Waals surface area contributed by atoms with Gasteiger partial charge in [0.1, 0.15) is 0 Å². The quantitative estimate of drug-likeness (QED) is 0.585. The van der Waals surface area contributed by atoms with E-state index in [9.17, 15) is 0 Å². The fourth-order valence-corrected chi connectivity index (χ4v) is 2.62. The monoisotopic (exact) mass is 268 g/mol. The van der Waals surface area contributed by atoms with E-state index >= 15 is 0 Å². The first kappa shape index (κ1) is 14.6. The zero-order chi connectivity index (χ0) is 14.0. The normalized spacial score (nSPS) is 31.1. The van der Waals surface area contributed by atoms with Crippen LogP contribution in [0, 0.1) is 0 Å². The summed E-state index contributed by atoms with van der Waals surface area (Å²) in [6.45, 7) is 5.29. The second kappa shape index (κ2) is 5.67. The fraction of sp³-hybridized carbons (Fsp3) is 0.929. The van der Waals surface area contributed by atoms with Gasteiger partial charge in [-0.15, -0.1) is 0 Å². The fourth-order valence-electron chi connectivity index (χ4n) is 2.62. The SMILES string of the molecule is CN=C(NCC(C)(C)N(C)C)NC1CC2CCC1O2. The van der Waals surface area contributed by atoms with E-state index in [2.05, 4.69) is 48.5 Å². The van der Waals surface area contributed by atoms with Crippen LogP contribution in [0.25, 0.3) is 0 Å². The summed E-state index contributed by atoms with van der Waals surface area (Å²) in [6.07, 6.45) is 4.37. The molecular weight excluding hydrogens is 240 g/mol. The van der Waals surface area contributed by atoms with Gasteiger partial charge in [-0.25, -0.2) is 0 Å². The molecule has 0 aromatic carbocycles. The molecule has 0 aromatic heterocycles. The number of hydrogen-bond donors (Lipinski definition) is 2. The van der Waals surface area contributed by atoms with Gasteiger partial charge in [0.25, 0.3) is 0 Å². The summed E-state index contributed by atoms with van der Waals surface area (Å²) < 4.78 is 5.86. The number of hydrogen-bond acceptors (Lipinski definition) is 3. The Morgan fingerprint density at radius 2 is 2.11 bits per heavy atom. The van der Waals surface area contributed by atoms with Crippen LogP contribution in [-0.4, -0.2) is 62.3 Å². The largest absolute Gasteiger partial charge is 0.373 e. The van der Waals surface area contributed by atoms with Gasteiger partial charge in [0.05, 0.1) is 18.2 Å². The van der Waals surface area contributed by atoms with Crippen molar-refractivity contribution in [1.82, 2.24) is 15.5 Å². The van der Waals surface area contributed by atoms with E-state index in [1.165, 1.54) is 12.8 Å². The number of nitrogens with one attached hydrogen (secondary N) is 2. The van der Waals surface area contributed by atoms with Crippen LogP contribution >= 0.6 is 0 Å². The molecule has 2 aliphatic heterocycles. The molecule has 0 saturated carbocycles. The highest BCUT2D eigenvalue weighted by Gasteiger charge is 2.41. The van der Waals surface area contributed by atoms with Crippen molar-refractivity contribution in [3.05, 3.63) is 0 Å². The maximum absolute atomic E-state index is 5.86. The predicted molar refractivity (Wildman–Crippen MR) is 78.6 cm³/mol. The van der Waals surface area contributed by atoms with Gasteiger partial charge in [-0.3, -0.25) is 4.99 Å². The van der Waals surface area contributed by atoms with Crippen LogP contribution in [0.15, 0.2) is 4.99 Å². The average molecular weight is 268 g/mol. The first-order chi connectivity index (χ1) is 8.92. The third-order valence-electron chi connectivity index (χ3n) is 4.55. The van der Waals surface area contributed by atoms with Gasteiger partial charge in [0.15, 0.2) is 5.96 Å². The molecule has 0 radical (unpaired) electrons. The van der Waals surface area contributed by atoms with Crippen LogP contribution in [0.5, 0.6) is 0 Å². The van der Waals surface area contributed by atoms with Gasteiger partial charge < -0.3 is 20.3 Å². The smallest absolute Gasteiger partial charge is 0.191 e. The molecule has 2 bridgehead atoms. The van der Waals surface area contributed by atoms with Crippen molar-refractivity contribution in [2.75, 3.05) is 27.7 Å². The molecule has 110 valence electrons. The summed E-state index contributed by atoms with van der Waals surface area (Å²) in [4.78, 5) is 6.53. The van der Waals surface area contributed by atoms with Gasteiger partial charge in [0, 0.05) is 19.1 Å². The number of likely N-dealkylation sites (N-methyl/N-ethyl adjacent to an activating group) is 1. The van der Waals surface area contributed by atoms with E-state index in [-0.39, 0.29) is 5.54 Å². The van der Waals surface area contributed by atoms with Gasteiger partial charge in [0.2, 0.25) is 0 Å². The van der Waals surface area contributed by atoms with Crippen LogP contribution in [0.3, 0.4) is 0 Å². The molecular formula is C14H28N4O. The van der Waals surface area contributed by atoms with E-state index in [4.69, 9.17) is 4.74 Å². The number of rotatable bonds is 4. The summed E-state index contributed by atoms with van der Waals surface area (Å²) in [6, 6.07) is 0.424. The van der Waals surface area contributed by atoms with Crippen LogP contribution in [-0.2, 0) is 4.74 Å². The Bertz CT molecular complexity index is 340. The molecule has 2 saturated heterocycles. The lowest BCUT2D eigenvalue weighted by Gasteiger charge is -2.33. The Labute approximate surface area is 116 Å². The van der Waals surface area contributed by atoms with Crippen molar-refractivity contribution in [2.24, 2.45) is 4.99 Å². The van der Waals surface area contributed by atoms with Crippen molar-refractivity contribution < 1.29 is 4.74 Å². The minimum Gasteiger partial charge on any atom is -0.373 e. The first-order valence-corrected chi connectivity index (χ1v) is 7.22. The van der Waals surface area contributed by atoms with E-state index in [1.54, 1.807) is 0 Å². The van der Waals surface area contributed by atoms with E-state index in [0.29, 0.717) is 18.2 Å². The van der Waals surface area contributed by atoms with E-state index in [1.807, 2.05) is 7.05 Å². The molecule has 5 nitrogen and oxygen atoms in total. The molecule has 2 N–H and O–H groups in total. The molecule has 0 amide bonds.